The highest BCUT2D eigenvalue weighted by Gasteiger charge is 2.58. The number of rotatable bonds is 4. The summed E-state index contributed by atoms with van der Waals surface area (Å²) >= 11 is 0. The predicted octanol–water partition coefficient (Wildman–Crippen LogP) is 6.81. The third-order valence-electron chi connectivity index (χ3n) is 7.50. The maximum atomic E-state index is 2.58. The van der Waals surface area contributed by atoms with E-state index >= 15 is 0 Å². The molecule has 4 rings (SSSR count). The van der Waals surface area contributed by atoms with Crippen LogP contribution in [0.1, 0.15) is 58.1 Å². The molecule has 0 amide bonds. The second-order valence-corrected chi connectivity index (χ2v) is 8.51. The molecule has 0 aliphatic carbocycles. The smallest absolute Gasteiger partial charge is 0.192 e. The highest BCUT2D eigenvalue weighted by atomic mass is 15.1. The number of nitrogens with zero attached hydrogens (tertiary/aromatic N) is 1. The maximum Gasteiger partial charge on any atom is 0.213 e. The van der Waals surface area contributed by atoms with E-state index in [4.69, 9.17) is 0 Å². The molecule has 28 heavy (non-hydrogen) atoms. The van der Waals surface area contributed by atoms with Crippen LogP contribution in [0.15, 0.2) is 66.9 Å². The lowest BCUT2D eigenvalue weighted by Crippen LogP contribution is -2.68. The molecule has 2 heterocycles. The van der Waals surface area contributed by atoms with E-state index in [0.717, 1.165) is 19.3 Å². The monoisotopic (exact) mass is 370 g/mol. The Hall–Kier alpha value is -2.41. The van der Waals surface area contributed by atoms with Gasteiger partial charge in [0.1, 0.15) is 0 Å². The van der Waals surface area contributed by atoms with Gasteiger partial charge in [0.15, 0.2) is 11.7 Å². The van der Waals surface area contributed by atoms with Gasteiger partial charge in [-0.05, 0) is 49.1 Å². The van der Waals surface area contributed by atoms with Crippen molar-refractivity contribution >= 4 is 0 Å². The van der Waals surface area contributed by atoms with Gasteiger partial charge in [-0.15, -0.1) is 0 Å². The molecule has 1 atom stereocenters. The van der Waals surface area contributed by atoms with E-state index in [-0.39, 0.29) is 11.0 Å². The molecule has 1 heteroatoms. The molecule has 1 nitrogen and oxygen atoms in total. The first kappa shape index (κ1) is 18.9. The lowest BCUT2D eigenvalue weighted by atomic mass is 9.58. The van der Waals surface area contributed by atoms with Crippen LogP contribution in [0, 0.1) is 6.92 Å². The van der Waals surface area contributed by atoms with Gasteiger partial charge in [-0.1, -0.05) is 62.7 Å². The molecule has 3 aromatic rings. The van der Waals surface area contributed by atoms with Gasteiger partial charge >= 0.3 is 0 Å². The maximum absolute atomic E-state index is 2.58. The zero-order chi connectivity index (χ0) is 19.9. The summed E-state index contributed by atoms with van der Waals surface area (Å²) in [7, 11) is 0. The van der Waals surface area contributed by atoms with E-state index in [1.165, 1.54) is 33.5 Å². The molecular weight excluding hydrogens is 338 g/mol. The molecule has 0 radical (unpaired) electrons. The first-order valence-corrected chi connectivity index (χ1v) is 10.7. The van der Waals surface area contributed by atoms with Gasteiger partial charge in [-0.25, -0.2) is 0 Å². The van der Waals surface area contributed by atoms with Crippen molar-refractivity contribution in [3.63, 3.8) is 0 Å². The van der Waals surface area contributed by atoms with E-state index < -0.39 is 0 Å². The van der Waals surface area contributed by atoms with Gasteiger partial charge in [0, 0.05) is 25.0 Å². The fourth-order valence-electron chi connectivity index (χ4n) is 5.61. The summed E-state index contributed by atoms with van der Waals surface area (Å²) in [6, 6.07) is 22.7. The fraction of sp³-hybridized carbons (Fsp3) is 0.370. The second-order valence-electron chi connectivity index (χ2n) is 8.51. The van der Waals surface area contributed by atoms with Gasteiger partial charge in [0.25, 0.3) is 0 Å². The van der Waals surface area contributed by atoms with Gasteiger partial charge in [-0.3, -0.25) is 0 Å². The van der Waals surface area contributed by atoms with Crippen LogP contribution in [0.3, 0.4) is 0 Å². The van der Waals surface area contributed by atoms with Crippen molar-refractivity contribution in [2.45, 2.75) is 64.8 Å². The van der Waals surface area contributed by atoms with Crippen LogP contribution in [0.4, 0.5) is 0 Å². The first-order chi connectivity index (χ1) is 13.5. The van der Waals surface area contributed by atoms with E-state index in [2.05, 4.69) is 106 Å². The highest BCUT2D eigenvalue weighted by Crippen LogP contribution is 2.51. The fourth-order valence-corrected chi connectivity index (χ4v) is 5.61. The zero-order valence-electron chi connectivity index (χ0n) is 17.9. The minimum absolute atomic E-state index is 0.108. The number of pyridine rings is 1. The van der Waals surface area contributed by atoms with Gasteiger partial charge < -0.3 is 0 Å². The molecule has 1 unspecified atom stereocenters. The van der Waals surface area contributed by atoms with Crippen LogP contribution in [0.5, 0.6) is 0 Å². The third kappa shape index (κ3) is 2.49. The number of hydrogen-bond acceptors (Lipinski definition) is 0. The highest BCUT2D eigenvalue weighted by molar-refractivity contribution is 5.75. The third-order valence-corrected chi connectivity index (χ3v) is 7.50. The Balaban J connectivity index is 2.01. The van der Waals surface area contributed by atoms with Crippen molar-refractivity contribution in [1.29, 1.82) is 0 Å². The largest absolute Gasteiger partial charge is 0.213 e. The topological polar surface area (TPSA) is 3.88 Å². The van der Waals surface area contributed by atoms with Crippen molar-refractivity contribution in [2.75, 3.05) is 0 Å². The zero-order valence-corrected chi connectivity index (χ0v) is 17.9. The number of aryl methyl sites for hydroxylation is 1. The molecule has 1 aliphatic rings. The summed E-state index contributed by atoms with van der Waals surface area (Å²) in [5.41, 5.74) is 8.34. The van der Waals surface area contributed by atoms with Crippen molar-refractivity contribution < 1.29 is 4.57 Å². The Morgan fingerprint density at radius 1 is 0.786 bits per heavy atom. The lowest BCUT2D eigenvalue weighted by molar-refractivity contribution is -0.769. The molecule has 0 bridgehead atoms. The molecule has 0 N–H and O–H groups in total. The van der Waals surface area contributed by atoms with E-state index in [1.807, 2.05) is 0 Å². The Kier molecular flexibility index (Phi) is 4.65. The molecule has 0 spiro atoms. The summed E-state index contributed by atoms with van der Waals surface area (Å²) in [5.74, 6) is 0. The number of benzene rings is 2. The summed E-state index contributed by atoms with van der Waals surface area (Å²) in [6.45, 7) is 11.7. The summed E-state index contributed by atoms with van der Waals surface area (Å²) in [6.07, 6.45) is 5.70. The van der Waals surface area contributed by atoms with E-state index in [0.29, 0.717) is 0 Å². The van der Waals surface area contributed by atoms with E-state index in [1.54, 1.807) is 0 Å². The van der Waals surface area contributed by atoms with Crippen LogP contribution in [-0.4, -0.2) is 0 Å². The summed E-state index contributed by atoms with van der Waals surface area (Å²) < 4.78 is 2.58. The molecular formula is C27H32N+. The van der Waals surface area contributed by atoms with Crippen molar-refractivity contribution in [3.8, 4) is 22.4 Å². The molecule has 1 aliphatic heterocycles. The van der Waals surface area contributed by atoms with Crippen LogP contribution in [-0.2, 0) is 11.0 Å². The summed E-state index contributed by atoms with van der Waals surface area (Å²) in [4.78, 5) is 0. The molecule has 1 aromatic heterocycles. The Morgan fingerprint density at radius 2 is 1.46 bits per heavy atom. The first-order valence-electron chi connectivity index (χ1n) is 10.7. The quantitative estimate of drug-likeness (QED) is 0.444. The van der Waals surface area contributed by atoms with Crippen LogP contribution in [0.25, 0.3) is 22.4 Å². The number of fused-ring (bicyclic) bond motifs is 3. The van der Waals surface area contributed by atoms with Crippen LogP contribution < -0.4 is 4.57 Å². The molecule has 0 saturated carbocycles. The number of hydrogen-bond donors (Lipinski definition) is 0. The Labute approximate surface area is 170 Å². The molecule has 0 fully saturated rings. The van der Waals surface area contributed by atoms with Crippen LogP contribution >= 0.6 is 0 Å². The van der Waals surface area contributed by atoms with Crippen molar-refractivity contribution in [3.05, 3.63) is 78.0 Å². The minimum atomic E-state index is 0.108. The second kappa shape index (κ2) is 6.88. The van der Waals surface area contributed by atoms with Gasteiger partial charge in [0.05, 0.1) is 11.0 Å². The molecule has 144 valence electrons. The molecule has 2 aromatic carbocycles. The average Bonchev–Trinajstić information content (AvgIpc) is 2.75. The van der Waals surface area contributed by atoms with E-state index in [9.17, 15) is 0 Å². The van der Waals surface area contributed by atoms with Crippen molar-refractivity contribution in [2.24, 2.45) is 0 Å². The standard InChI is InChI=1S/C27H32N/c1-6-26(5)24-17-16-22(21-14-12-20(4)13-15-21)19-23(24)25-11-9-10-18-28(25)27(26,7-2)8-3/h9-19H,6-8H2,1-5H3/q+1. The summed E-state index contributed by atoms with van der Waals surface area (Å²) in [5, 5.41) is 0. The molecule has 0 saturated heterocycles. The predicted molar refractivity (Wildman–Crippen MR) is 118 cm³/mol. The number of aromatic nitrogens is 1. The average molecular weight is 371 g/mol. The van der Waals surface area contributed by atoms with Crippen LogP contribution in [0.2, 0.25) is 0 Å². The Morgan fingerprint density at radius 3 is 2.11 bits per heavy atom. The van der Waals surface area contributed by atoms with Gasteiger partial charge in [-0.2, -0.15) is 4.57 Å². The van der Waals surface area contributed by atoms with Crippen molar-refractivity contribution in [1.82, 2.24) is 0 Å². The minimum Gasteiger partial charge on any atom is -0.192 e. The Bertz CT molecular complexity index is 995. The lowest BCUT2D eigenvalue weighted by Gasteiger charge is -2.47. The SMILES string of the molecule is CCC1(C)c2ccc(-c3ccc(C)cc3)cc2-c2cccc[n+]2C1(CC)CC. The normalized spacial score (nSPS) is 19.8. The van der Waals surface area contributed by atoms with Gasteiger partial charge in [0.2, 0.25) is 5.69 Å².